The molecule has 3 N–H and O–H groups in total. The highest BCUT2D eigenvalue weighted by Crippen LogP contribution is 2.43. The van der Waals surface area contributed by atoms with Crippen molar-refractivity contribution in [3.63, 3.8) is 0 Å². The van der Waals surface area contributed by atoms with Gasteiger partial charge in [0, 0.05) is 17.6 Å². The molecule has 2 saturated heterocycles. The van der Waals surface area contributed by atoms with Crippen LogP contribution in [0, 0.1) is 0 Å². The minimum Gasteiger partial charge on any atom is -0.399 e. The molecule has 3 fully saturated rings. The van der Waals surface area contributed by atoms with Crippen LogP contribution in [0.1, 0.15) is 88.7 Å². The third-order valence-electron chi connectivity index (χ3n) is 8.49. The average Bonchev–Trinajstić information content (AvgIpc) is 2.91. The number of piperidine rings is 2. The molecule has 0 bridgehead atoms. The third kappa shape index (κ3) is 5.45. The van der Waals surface area contributed by atoms with Crippen LogP contribution in [0.4, 0.5) is 5.69 Å². The van der Waals surface area contributed by atoms with Crippen LogP contribution >= 0.6 is 0 Å². The molecule has 2 aromatic rings. The van der Waals surface area contributed by atoms with E-state index in [2.05, 4.69) is 40.5 Å². The van der Waals surface area contributed by atoms with E-state index >= 15 is 0 Å². The van der Waals surface area contributed by atoms with E-state index < -0.39 is 5.41 Å². The van der Waals surface area contributed by atoms with Gasteiger partial charge in [0.1, 0.15) is 0 Å². The van der Waals surface area contributed by atoms with Crippen LogP contribution < -0.4 is 11.1 Å². The topological polar surface area (TPSA) is 75.4 Å². The van der Waals surface area contributed by atoms with E-state index in [1.165, 1.54) is 64.5 Å². The first-order valence-electron chi connectivity index (χ1n) is 13.5. The highest BCUT2D eigenvalue weighted by molar-refractivity contribution is 6.03. The summed E-state index contributed by atoms with van der Waals surface area (Å²) in [6.07, 6.45) is 12.9. The van der Waals surface area contributed by atoms with E-state index in [-0.39, 0.29) is 11.8 Å². The monoisotopic (exact) mass is 475 g/mol. The van der Waals surface area contributed by atoms with Crippen LogP contribution in [-0.4, -0.2) is 29.8 Å². The van der Waals surface area contributed by atoms with Crippen LogP contribution in [-0.2, 0) is 20.5 Å². The average molecular weight is 476 g/mol. The predicted octanol–water partition coefficient (Wildman–Crippen LogP) is 5.69. The summed E-state index contributed by atoms with van der Waals surface area (Å²) in [5, 5.41) is 2.43. The fraction of sp³-hybridized carbons (Fsp3) is 0.533. The molecule has 1 aliphatic carbocycles. The summed E-state index contributed by atoms with van der Waals surface area (Å²) in [7, 11) is 0. The van der Waals surface area contributed by atoms with Gasteiger partial charge < -0.3 is 5.73 Å². The first kappa shape index (κ1) is 25.4. The molecule has 2 aliphatic heterocycles. The van der Waals surface area contributed by atoms with E-state index in [1.54, 1.807) is 17.7 Å². The Morgan fingerprint density at radius 1 is 0.800 bits per heavy atom. The maximum absolute atomic E-state index is 12.1. The number of anilines is 1. The molecule has 5 heteroatoms. The number of carbonyl (C=O) groups is 2. The Hall–Kier alpha value is -2.66. The Balaban J connectivity index is 0.000000165. The number of likely N-dealkylation sites (tertiary alicyclic amines) is 1. The van der Waals surface area contributed by atoms with Crippen molar-refractivity contribution in [2.24, 2.45) is 0 Å². The number of nitrogens with one attached hydrogen (secondary N) is 1. The molecule has 2 heterocycles. The van der Waals surface area contributed by atoms with E-state index in [0.717, 1.165) is 5.56 Å². The van der Waals surface area contributed by atoms with Gasteiger partial charge in [0.05, 0.1) is 5.41 Å². The maximum Gasteiger partial charge on any atom is 0.237 e. The van der Waals surface area contributed by atoms with Gasteiger partial charge in [-0.15, -0.1) is 0 Å². The van der Waals surface area contributed by atoms with Gasteiger partial charge >= 0.3 is 0 Å². The molecule has 2 amide bonds. The standard InChI is InChI=1S/C17H25N.C13H16N2O2/c1-4-10-16(11-5-1)17(12-6-2-7-13-17)18-14-8-3-9-15-18;1-2-13(8-7-11(16)15-12(13)17)9-3-5-10(14)6-4-9/h1,4-5,10-11H,2-3,6-9,12-15H2;3-6H,2,7-8,14H2,1H3,(H,15,16,17). The number of amides is 2. The highest BCUT2D eigenvalue weighted by atomic mass is 16.2. The zero-order valence-corrected chi connectivity index (χ0v) is 21.2. The number of hydrogen-bond donors (Lipinski definition) is 2. The number of benzene rings is 2. The number of rotatable bonds is 4. The van der Waals surface area contributed by atoms with E-state index in [9.17, 15) is 9.59 Å². The van der Waals surface area contributed by atoms with Crippen LogP contribution in [0.2, 0.25) is 0 Å². The summed E-state index contributed by atoms with van der Waals surface area (Å²) >= 11 is 0. The van der Waals surface area contributed by atoms with Crippen LogP contribution in [0.5, 0.6) is 0 Å². The maximum atomic E-state index is 12.1. The fourth-order valence-electron chi connectivity index (χ4n) is 6.36. The molecular formula is C30H41N3O2. The quantitative estimate of drug-likeness (QED) is 0.440. The van der Waals surface area contributed by atoms with Crippen molar-refractivity contribution in [3.8, 4) is 0 Å². The normalized spacial score (nSPS) is 24.7. The van der Waals surface area contributed by atoms with Crippen molar-refractivity contribution in [2.75, 3.05) is 18.8 Å². The number of nitrogens with two attached hydrogens (primary N) is 1. The van der Waals surface area contributed by atoms with Gasteiger partial charge in [-0.25, -0.2) is 0 Å². The second kappa shape index (κ2) is 11.4. The minimum atomic E-state index is -0.582. The van der Waals surface area contributed by atoms with Gasteiger partial charge in [-0.1, -0.05) is 75.1 Å². The Bertz CT molecular complexity index is 976. The van der Waals surface area contributed by atoms with Crippen molar-refractivity contribution >= 4 is 17.5 Å². The lowest BCUT2D eigenvalue weighted by atomic mass is 9.72. The lowest BCUT2D eigenvalue weighted by molar-refractivity contribution is -0.138. The molecule has 2 aromatic carbocycles. The number of imide groups is 1. The Kier molecular flexibility index (Phi) is 8.27. The van der Waals surface area contributed by atoms with Gasteiger partial charge in [0.25, 0.3) is 0 Å². The molecule has 0 aromatic heterocycles. The molecule has 188 valence electrons. The zero-order chi connectivity index (χ0) is 24.7. The molecule has 1 saturated carbocycles. The number of nitrogens with zero attached hydrogens (tertiary/aromatic N) is 1. The molecule has 5 rings (SSSR count). The summed E-state index contributed by atoms with van der Waals surface area (Å²) in [6.45, 7) is 4.59. The van der Waals surface area contributed by atoms with Crippen molar-refractivity contribution in [1.29, 1.82) is 0 Å². The lowest BCUT2D eigenvalue weighted by Crippen LogP contribution is -2.51. The molecule has 0 radical (unpaired) electrons. The first-order valence-corrected chi connectivity index (χ1v) is 13.5. The van der Waals surface area contributed by atoms with E-state index in [0.29, 0.717) is 30.5 Å². The highest BCUT2D eigenvalue weighted by Gasteiger charge is 2.42. The van der Waals surface area contributed by atoms with Crippen molar-refractivity contribution in [2.45, 2.75) is 88.5 Å². The molecule has 5 nitrogen and oxygen atoms in total. The number of hydrogen-bond acceptors (Lipinski definition) is 4. The van der Waals surface area contributed by atoms with Crippen molar-refractivity contribution in [1.82, 2.24) is 10.2 Å². The minimum absolute atomic E-state index is 0.186. The molecular weight excluding hydrogens is 434 g/mol. The Labute approximate surface area is 210 Å². The Morgan fingerprint density at radius 2 is 1.43 bits per heavy atom. The number of carbonyl (C=O) groups excluding carboxylic acids is 2. The summed E-state index contributed by atoms with van der Waals surface area (Å²) in [5.74, 6) is -0.379. The molecule has 1 atom stereocenters. The third-order valence-corrected chi connectivity index (χ3v) is 8.49. The second-order valence-electron chi connectivity index (χ2n) is 10.4. The van der Waals surface area contributed by atoms with Crippen LogP contribution in [0.25, 0.3) is 0 Å². The molecule has 1 unspecified atom stereocenters. The Morgan fingerprint density at radius 3 is 2.03 bits per heavy atom. The zero-order valence-electron chi connectivity index (χ0n) is 21.2. The van der Waals surface area contributed by atoms with Crippen LogP contribution in [0.3, 0.4) is 0 Å². The van der Waals surface area contributed by atoms with Gasteiger partial charge in [-0.3, -0.25) is 19.8 Å². The van der Waals surface area contributed by atoms with Crippen LogP contribution in [0.15, 0.2) is 54.6 Å². The van der Waals surface area contributed by atoms with Gasteiger partial charge in [0.2, 0.25) is 11.8 Å². The predicted molar refractivity (Wildman–Crippen MR) is 142 cm³/mol. The van der Waals surface area contributed by atoms with Gasteiger partial charge in [-0.05, 0) is 74.9 Å². The SMILES string of the molecule is CCC1(c2ccc(N)cc2)CCC(=O)NC1=O.c1ccc(C2(N3CCCCC3)CCCCC2)cc1. The number of nitrogen functional groups attached to an aromatic ring is 1. The summed E-state index contributed by atoms with van der Waals surface area (Å²) < 4.78 is 0. The second-order valence-corrected chi connectivity index (χ2v) is 10.4. The molecule has 3 aliphatic rings. The van der Waals surface area contributed by atoms with Gasteiger partial charge in [-0.2, -0.15) is 0 Å². The van der Waals surface area contributed by atoms with Gasteiger partial charge in [0.15, 0.2) is 0 Å². The van der Waals surface area contributed by atoms with E-state index in [1.807, 2.05) is 19.1 Å². The smallest absolute Gasteiger partial charge is 0.237 e. The first-order chi connectivity index (χ1) is 17.0. The molecule has 0 spiro atoms. The van der Waals surface area contributed by atoms with Crippen molar-refractivity contribution < 1.29 is 9.59 Å². The summed E-state index contributed by atoms with van der Waals surface area (Å²) in [4.78, 5) is 26.1. The van der Waals surface area contributed by atoms with Crippen molar-refractivity contribution in [3.05, 3.63) is 65.7 Å². The largest absolute Gasteiger partial charge is 0.399 e. The lowest BCUT2D eigenvalue weighted by Gasteiger charge is -2.48. The summed E-state index contributed by atoms with van der Waals surface area (Å²) in [6, 6.07) is 18.6. The fourth-order valence-corrected chi connectivity index (χ4v) is 6.36. The summed E-state index contributed by atoms with van der Waals surface area (Å²) in [5.41, 5.74) is 8.61. The molecule has 35 heavy (non-hydrogen) atoms. The van der Waals surface area contributed by atoms with E-state index in [4.69, 9.17) is 5.73 Å².